The largest absolute Gasteiger partial charge is 0.508 e. The fraction of sp³-hybridized carbons (Fsp3) is 0.455. The predicted octanol–water partition coefficient (Wildman–Crippen LogP) is 6.30. The van der Waals surface area contributed by atoms with Gasteiger partial charge in [-0.05, 0) is 42.0 Å². The van der Waals surface area contributed by atoms with E-state index in [2.05, 4.69) is 63.2 Å². The van der Waals surface area contributed by atoms with Gasteiger partial charge in [0.15, 0.2) is 0 Å². The molecule has 23 heavy (non-hydrogen) atoms. The summed E-state index contributed by atoms with van der Waals surface area (Å²) in [7, 11) is 0. The molecule has 2 rings (SSSR count). The molecule has 2 atom stereocenters. The molecular weight excluding hydrogens is 280 g/mol. The molecule has 0 bridgehead atoms. The summed E-state index contributed by atoms with van der Waals surface area (Å²) >= 11 is 0. The Morgan fingerprint density at radius 3 is 2.00 bits per heavy atom. The second-order valence-corrected chi connectivity index (χ2v) is 6.74. The van der Waals surface area contributed by atoms with Gasteiger partial charge in [-0.3, -0.25) is 0 Å². The summed E-state index contributed by atoms with van der Waals surface area (Å²) in [6.45, 7) is 6.93. The molecule has 1 nitrogen and oxygen atoms in total. The molecule has 1 heteroatoms. The highest BCUT2D eigenvalue weighted by Gasteiger charge is 2.36. The zero-order valence-corrected chi connectivity index (χ0v) is 14.8. The topological polar surface area (TPSA) is 20.2 Å². The van der Waals surface area contributed by atoms with Crippen LogP contribution < -0.4 is 0 Å². The normalized spacial score (nSPS) is 15.1. The number of phenolic OH excluding ortho intramolecular Hbond substituents is 1. The van der Waals surface area contributed by atoms with Crippen molar-refractivity contribution in [2.24, 2.45) is 5.92 Å². The van der Waals surface area contributed by atoms with Crippen molar-refractivity contribution in [1.82, 2.24) is 0 Å². The molecule has 0 spiro atoms. The van der Waals surface area contributed by atoms with E-state index in [0.717, 1.165) is 0 Å². The van der Waals surface area contributed by atoms with E-state index < -0.39 is 0 Å². The third kappa shape index (κ3) is 3.96. The standard InChI is InChI=1S/C22H30O/c1-4-6-11-18(10-5-2)22(3,19-12-8-7-9-13-19)20-14-16-21(23)17-15-20/h7-9,12-18,23H,4-6,10-11H2,1-3H3. The van der Waals surface area contributed by atoms with E-state index in [1.54, 1.807) is 0 Å². The summed E-state index contributed by atoms with van der Waals surface area (Å²) in [5, 5.41) is 9.68. The van der Waals surface area contributed by atoms with E-state index in [1.807, 2.05) is 12.1 Å². The molecule has 2 aromatic carbocycles. The highest BCUT2D eigenvalue weighted by molar-refractivity contribution is 5.41. The Balaban J connectivity index is 2.51. The summed E-state index contributed by atoms with van der Waals surface area (Å²) in [5.74, 6) is 0.948. The zero-order chi connectivity index (χ0) is 16.7. The van der Waals surface area contributed by atoms with E-state index in [4.69, 9.17) is 0 Å². The fourth-order valence-electron chi connectivity index (χ4n) is 3.75. The Bertz CT molecular complexity index is 573. The molecule has 1 N–H and O–H groups in total. The Labute approximate surface area is 141 Å². The summed E-state index contributed by atoms with van der Waals surface area (Å²) in [5.41, 5.74) is 2.66. The summed E-state index contributed by atoms with van der Waals surface area (Å²) in [4.78, 5) is 0. The first-order valence-corrected chi connectivity index (χ1v) is 8.98. The Kier molecular flexibility index (Phi) is 6.27. The molecule has 0 saturated carbocycles. The average molecular weight is 310 g/mol. The highest BCUT2D eigenvalue weighted by atomic mass is 16.3. The van der Waals surface area contributed by atoms with Crippen molar-refractivity contribution in [3.63, 3.8) is 0 Å². The fourth-order valence-corrected chi connectivity index (χ4v) is 3.75. The predicted molar refractivity (Wildman–Crippen MR) is 98.9 cm³/mol. The molecule has 0 heterocycles. The third-order valence-corrected chi connectivity index (χ3v) is 5.20. The molecule has 124 valence electrons. The minimum absolute atomic E-state index is 0.0138. The van der Waals surface area contributed by atoms with Gasteiger partial charge in [-0.2, -0.15) is 0 Å². The van der Waals surface area contributed by atoms with Gasteiger partial charge in [0, 0.05) is 5.41 Å². The molecule has 0 fully saturated rings. The third-order valence-electron chi connectivity index (χ3n) is 5.20. The summed E-state index contributed by atoms with van der Waals surface area (Å²) in [6, 6.07) is 18.7. The average Bonchev–Trinajstić information content (AvgIpc) is 2.59. The van der Waals surface area contributed by atoms with E-state index in [9.17, 15) is 5.11 Å². The Hall–Kier alpha value is -1.76. The van der Waals surface area contributed by atoms with Gasteiger partial charge in [0.25, 0.3) is 0 Å². The van der Waals surface area contributed by atoms with Crippen LogP contribution in [0.1, 0.15) is 64.0 Å². The maximum absolute atomic E-state index is 9.68. The van der Waals surface area contributed by atoms with Crippen molar-refractivity contribution in [3.8, 4) is 5.75 Å². The second-order valence-electron chi connectivity index (χ2n) is 6.74. The molecule has 0 aliphatic carbocycles. The Morgan fingerprint density at radius 2 is 1.43 bits per heavy atom. The number of benzene rings is 2. The van der Waals surface area contributed by atoms with E-state index in [-0.39, 0.29) is 5.41 Å². The minimum Gasteiger partial charge on any atom is -0.508 e. The van der Waals surface area contributed by atoms with Gasteiger partial charge in [-0.15, -0.1) is 0 Å². The summed E-state index contributed by atoms with van der Waals surface area (Å²) in [6.07, 6.45) is 6.18. The van der Waals surface area contributed by atoms with Gasteiger partial charge in [0.05, 0.1) is 0 Å². The lowest BCUT2D eigenvalue weighted by atomic mass is 9.64. The van der Waals surface area contributed by atoms with Gasteiger partial charge in [-0.25, -0.2) is 0 Å². The molecule has 2 unspecified atom stereocenters. The van der Waals surface area contributed by atoms with Crippen LogP contribution in [0.5, 0.6) is 5.75 Å². The number of hydrogen-bond donors (Lipinski definition) is 1. The Morgan fingerprint density at radius 1 is 0.826 bits per heavy atom. The molecule has 0 aromatic heterocycles. The first-order chi connectivity index (χ1) is 11.1. The van der Waals surface area contributed by atoms with Crippen LogP contribution in [0.2, 0.25) is 0 Å². The van der Waals surface area contributed by atoms with Crippen molar-refractivity contribution in [1.29, 1.82) is 0 Å². The first kappa shape index (κ1) is 17.6. The lowest BCUT2D eigenvalue weighted by Gasteiger charge is -2.39. The maximum Gasteiger partial charge on any atom is 0.115 e. The second kappa shape index (κ2) is 8.19. The van der Waals surface area contributed by atoms with Crippen LogP contribution in [0.3, 0.4) is 0 Å². The van der Waals surface area contributed by atoms with E-state index in [1.165, 1.54) is 43.2 Å². The van der Waals surface area contributed by atoms with Crippen molar-refractivity contribution in [2.75, 3.05) is 0 Å². The monoisotopic (exact) mass is 310 g/mol. The van der Waals surface area contributed by atoms with Crippen LogP contribution in [0.15, 0.2) is 54.6 Å². The van der Waals surface area contributed by atoms with Crippen molar-refractivity contribution in [2.45, 2.75) is 58.3 Å². The smallest absolute Gasteiger partial charge is 0.115 e. The van der Waals surface area contributed by atoms with Gasteiger partial charge >= 0.3 is 0 Å². The minimum atomic E-state index is -0.0138. The van der Waals surface area contributed by atoms with Gasteiger partial charge in [-0.1, -0.05) is 82.5 Å². The molecular formula is C22H30O. The van der Waals surface area contributed by atoms with Crippen LogP contribution in [-0.2, 0) is 5.41 Å². The SMILES string of the molecule is CCCCC(CCC)C(C)(c1ccccc1)c1ccc(O)cc1. The molecule has 0 aliphatic rings. The molecule has 0 saturated heterocycles. The molecule has 0 aliphatic heterocycles. The van der Waals surface area contributed by atoms with E-state index >= 15 is 0 Å². The van der Waals surface area contributed by atoms with Crippen LogP contribution in [0.4, 0.5) is 0 Å². The number of aromatic hydroxyl groups is 1. The quantitative estimate of drug-likeness (QED) is 0.606. The van der Waals surface area contributed by atoms with Gasteiger partial charge in [0.1, 0.15) is 5.75 Å². The highest BCUT2D eigenvalue weighted by Crippen LogP contribution is 2.43. The van der Waals surface area contributed by atoms with Crippen molar-refractivity contribution >= 4 is 0 Å². The summed E-state index contributed by atoms with van der Waals surface area (Å²) < 4.78 is 0. The number of unbranched alkanes of at least 4 members (excludes halogenated alkanes) is 1. The lowest BCUT2D eigenvalue weighted by Crippen LogP contribution is -2.33. The van der Waals surface area contributed by atoms with Crippen molar-refractivity contribution in [3.05, 3.63) is 65.7 Å². The van der Waals surface area contributed by atoms with Crippen LogP contribution in [0, 0.1) is 5.92 Å². The maximum atomic E-state index is 9.68. The van der Waals surface area contributed by atoms with Gasteiger partial charge in [0.2, 0.25) is 0 Å². The van der Waals surface area contributed by atoms with Gasteiger partial charge < -0.3 is 5.11 Å². The first-order valence-electron chi connectivity index (χ1n) is 8.98. The number of rotatable bonds is 8. The number of phenols is 1. The van der Waals surface area contributed by atoms with Crippen LogP contribution in [0.25, 0.3) is 0 Å². The van der Waals surface area contributed by atoms with Crippen molar-refractivity contribution < 1.29 is 5.11 Å². The molecule has 0 radical (unpaired) electrons. The van der Waals surface area contributed by atoms with Crippen LogP contribution >= 0.6 is 0 Å². The van der Waals surface area contributed by atoms with Crippen LogP contribution in [-0.4, -0.2) is 5.11 Å². The molecule has 0 amide bonds. The molecule has 2 aromatic rings. The zero-order valence-electron chi connectivity index (χ0n) is 14.8. The lowest BCUT2D eigenvalue weighted by molar-refractivity contribution is 0.293. The van der Waals surface area contributed by atoms with E-state index in [0.29, 0.717) is 11.7 Å². The number of hydrogen-bond acceptors (Lipinski definition) is 1.